The van der Waals surface area contributed by atoms with Crippen molar-refractivity contribution in [2.75, 3.05) is 11.9 Å². The molecule has 1 fully saturated rings. The normalized spacial score (nSPS) is 23.1. The topological polar surface area (TPSA) is 85.3 Å². The molecule has 0 aliphatic heterocycles. The number of hydrogen-bond acceptors (Lipinski definition) is 5. The van der Waals surface area contributed by atoms with Crippen LogP contribution in [0.2, 0.25) is 5.02 Å². The lowest BCUT2D eigenvalue weighted by atomic mass is 9.91. The van der Waals surface area contributed by atoms with Gasteiger partial charge < -0.3 is 10.6 Å². The minimum absolute atomic E-state index is 0.0510. The van der Waals surface area contributed by atoms with Gasteiger partial charge in [0.1, 0.15) is 0 Å². The third kappa shape index (κ3) is 3.13. The fourth-order valence-electron chi connectivity index (χ4n) is 2.49. The molecule has 0 bridgehead atoms. The van der Waals surface area contributed by atoms with Crippen LogP contribution in [0.1, 0.15) is 25.7 Å². The van der Waals surface area contributed by atoms with Crippen molar-refractivity contribution in [3.05, 3.63) is 27.4 Å². The van der Waals surface area contributed by atoms with E-state index in [4.69, 9.17) is 17.3 Å². The van der Waals surface area contributed by atoms with Crippen molar-refractivity contribution in [2.45, 2.75) is 37.8 Å². The summed E-state index contributed by atoms with van der Waals surface area (Å²) in [6, 6.07) is 1.83. The van der Waals surface area contributed by atoms with Gasteiger partial charge in [-0.3, -0.25) is 10.1 Å². The van der Waals surface area contributed by atoms with Gasteiger partial charge in [0.05, 0.1) is 9.95 Å². The number of aromatic nitrogens is 1. The molecule has 0 spiro atoms. The number of halogens is 1. The number of anilines is 1. The molecule has 1 aromatic rings. The van der Waals surface area contributed by atoms with Crippen LogP contribution in [-0.2, 0) is 0 Å². The largest absolute Gasteiger partial charge is 0.351 e. The number of pyridine rings is 1. The Hall–Kier alpha value is -1.40. The first-order chi connectivity index (χ1) is 8.99. The zero-order valence-corrected chi connectivity index (χ0v) is 11.5. The molecule has 1 aliphatic carbocycles. The van der Waals surface area contributed by atoms with Crippen LogP contribution in [0.4, 0.5) is 11.5 Å². The van der Waals surface area contributed by atoms with Crippen molar-refractivity contribution >= 4 is 23.1 Å². The van der Waals surface area contributed by atoms with Crippen molar-refractivity contribution in [3.8, 4) is 0 Å². The van der Waals surface area contributed by atoms with E-state index in [-0.39, 0.29) is 22.8 Å². The Bertz CT molecular complexity index is 475. The van der Waals surface area contributed by atoms with Crippen LogP contribution in [0.15, 0.2) is 12.3 Å². The molecule has 2 rings (SSSR count). The van der Waals surface area contributed by atoms with Crippen molar-refractivity contribution in [1.29, 1.82) is 0 Å². The van der Waals surface area contributed by atoms with Crippen LogP contribution >= 0.6 is 11.6 Å². The monoisotopic (exact) mass is 284 g/mol. The first kappa shape index (κ1) is 14.0. The van der Waals surface area contributed by atoms with E-state index < -0.39 is 4.92 Å². The Morgan fingerprint density at radius 2 is 2.11 bits per heavy atom. The van der Waals surface area contributed by atoms with Gasteiger partial charge in [0.2, 0.25) is 5.82 Å². The van der Waals surface area contributed by atoms with Crippen LogP contribution < -0.4 is 10.6 Å². The van der Waals surface area contributed by atoms with Gasteiger partial charge >= 0.3 is 5.69 Å². The molecule has 2 N–H and O–H groups in total. The molecule has 104 valence electrons. The van der Waals surface area contributed by atoms with Crippen LogP contribution in [-0.4, -0.2) is 29.0 Å². The lowest BCUT2D eigenvalue weighted by Crippen LogP contribution is -2.39. The third-order valence-corrected chi connectivity index (χ3v) is 3.84. The van der Waals surface area contributed by atoms with E-state index in [1.165, 1.54) is 12.3 Å². The summed E-state index contributed by atoms with van der Waals surface area (Å²) in [5.41, 5.74) is 5.82. The van der Waals surface area contributed by atoms with Gasteiger partial charge in [0.25, 0.3) is 0 Å². The number of nitrogens with zero attached hydrogens (tertiary/aromatic N) is 3. The second-order valence-electron chi connectivity index (χ2n) is 4.93. The Morgan fingerprint density at radius 3 is 2.68 bits per heavy atom. The minimum Gasteiger partial charge on any atom is -0.351 e. The fourth-order valence-corrected chi connectivity index (χ4v) is 2.64. The molecule has 1 saturated carbocycles. The van der Waals surface area contributed by atoms with Gasteiger partial charge in [-0.25, -0.2) is 4.98 Å². The highest BCUT2D eigenvalue weighted by molar-refractivity contribution is 6.30. The first-order valence-corrected chi connectivity index (χ1v) is 6.65. The third-order valence-electron chi connectivity index (χ3n) is 3.63. The summed E-state index contributed by atoms with van der Waals surface area (Å²) in [7, 11) is 1.84. The fraction of sp³-hybridized carbons (Fsp3) is 0.583. The Balaban J connectivity index is 2.23. The molecule has 1 aromatic heterocycles. The first-order valence-electron chi connectivity index (χ1n) is 6.27. The molecule has 1 heterocycles. The standard InChI is InChI=1S/C12H17ClN4O2/c1-16(10-4-2-9(14)3-5-10)12-11(17(18)19)6-8(13)7-15-12/h6-7,9-10H,2-5,14H2,1H3. The molecule has 6 nitrogen and oxygen atoms in total. The van der Waals surface area contributed by atoms with Gasteiger partial charge in [-0.05, 0) is 25.7 Å². The van der Waals surface area contributed by atoms with Crippen molar-refractivity contribution in [1.82, 2.24) is 4.98 Å². The van der Waals surface area contributed by atoms with E-state index in [2.05, 4.69) is 4.98 Å². The number of nitrogens with two attached hydrogens (primary N) is 1. The molecular formula is C12H17ClN4O2. The number of hydrogen-bond donors (Lipinski definition) is 1. The smallest absolute Gasteiger partial charge is 0.313 e. The Morgan fingerprint density at radius 1 is 1.47 bits per heavy atom. The summed E-state index contributed by atoms with van der Waals surface area (Å²) in [5.74, 6) is 0.370. The molecule has 1 aliphatic rings. The van der Waals surface area contributed by atoms with Gasteiger partial charge in [0.15, 0.2) is 0 Å². The Labute approximate surface area is 116 Å². The average molecular weight is 285 g/mol. The quantitative estimate of drug-likeness (QED) is 0.680. The highest BCUT2D eigenvalue weighted by Crippen LogP contribution is 2.32. The maximum atomic E-state index is 11.1. The lowest BCUT2D eigenvalue weighted by molar-refractivity contribution is -0.384. The number of rotatable bonds is 3. The summed E-state index contributed by atoms with van der Waals surface area (Å²) in [4.78, 5) is 16.6. The van der Waals surface area contributed by atoms with Gasteiger partial charge in [-0.2, -0.15) is 0 Å². The molecule has 19 heavy (non-hydrogen) atoms. The van der Waals surface area contributed by atoms with Crippen LogP contribution in [0.5, 0.6) is 0 Å². The lowest BCUT2D eigenvalue weighted by Gasteiger charge is -2.33. The molecule has 0 unspecified atom stereocenters. The van der Waals surface area contributed by atoms with E-state index in [0.29, 0.717) is 5.82 Å². The average Bonchev–Trinajstić information content (AvgIpc) is 2.38. The molecule has 0 radical (unpaired) electrons. The molecular weight excluding hydrogens is 268 g/mol. The number of nitro groups is 1. The SMILES string of the molecule is CN(c1ncc(Cl)cc1[N+](=O)[O-])C1CCC(N)CC1. The predicted octanol–water partition coefficient (Wildman–Crippen LogP) is 2.35. The van der Waals surface area contributed by atoms with E-state index >= 15 is 0 Å². The maximum absolute atomic E-state index is 11.1. The van der Waals surface area contributed by atoms with Gasteiger partial charge in [-0.1, -0.05) is 11.6 Å². The van der Waals surface area contributed by atoms with Crippen LogP contribution in [0.25, 0.3) is 0 Å². The van der Waals surface area contributed by atoms with Crippen molar-refractivity contribution in [3.63, 3.8) is 0 Å². The summed E-state index contributed by atoms with van der Waals surface area (Å²) < 4.78 is 0. The van der Waals surface area contributed by atoms with Crippen molar-refractivity contribution in [2.24, 2.45) is 5.73 Å². The zero-order chi connectivity index (χ0) is 14.0. The molecule has 0 amide bonds. The summed E-state index contributed by atoms with van der Waals surface area (Å²) in [5, 5.41) is 11.3. The highest BCUT2D eigenvalue weighted by atomic mass is 35.5. The van der Waals surface area contributed by atoms with E-state index in [9.17, 15) is 10.1 Å². The van der Waals surface area contributed by atoms with Crippen LogP contribution in [0, 0.1) is 10.1 Å². The van der Waals surface area contributed by atoms with Gasteiger partial charge in [0, 0.05) is 31.4 Å². The second kappa shape index (κ2) is 5.71. The Kier molecular flexibility index (Phi) is 4.21. The van der Waals surface area contributed by atoms with Crippen molar-refractivity contribution < 1.29 is 4.92 Å². The molecule has 7 heteroatoms. The van der Waals surface area contributed by atoms with E-state index in [1.807, 2.05) is 11.9 Å². The van der Waals surface area contributed by atoms with Crippen LogP contribution in [0.3, 0.4) is 0 Å². The molecule has 0 saturated heterocycles. The second-order valence-corrected chi connectivity index (χ2v) is 5.37. The van der Waals surface area contributed by atoms with E-state index in [0.717, 1.165) is 25.7 Å². The molecule has 0 atom stereocenters. The zero-order valence-electron chi connectivity index (χ0n) is 10.8. The minimum atomic E-state index is -0.445. The van der Waals surface area contributed by atoms with Gasteiger partial charge in [-0.15, -0.1) is 0 Å². The predicted molar refractivity (Wildman–Crippen MR) is 74.5 cm³/mol. The molecule has 0 aromatic carbocycles. The summed E-state index contributed by atoms with van der Waals surface area (Å²) >= 11 is 5.77. The van der Waals surface area contributed by atoms with E-state index in [1.54, 1.807) is 0 Å². The summed E-state index contributed by atoms with van der Waals surface area (Å²) in [6.07, 6.45) is 5.18. The maximum Gasteiger partial charge on any atom is 0.313 e. The summed E-state index contributed by atoms with van der Waals surface area (Å²) in [6.45, 7) is 0. The highest BCUT2D eigenvalue weighted by Gasteiger charge is 2.27.